The lowest BCUT2D eigenvalue weighted by atomic mass is 10.1. The molecule has 2 rings (SSSR count). The highest BCUT2D eigenvalue weighted by molar-refractivity contribution is 8.00. The molecule has 7 heteroatoms. The lowest BCUT2D eigenvalue weighted by Gasteiger charge is -2.09. The van der Waals surface area contributed by atoms with Gasteiger partial charge in [0, 0.05) is 0 Å². The highest BCUT2D eigenvalue weighted by Gasteiger charge is 2.19. The second-order valence-corrected chi connectivity index (χ2v) is 6.23. The average Bonchev–Trinajstić information content (AvgIpc) is 3.00. The van der Waals surface area contributed by atoms with Gasteiger partial charge in [0.05, 0.1) is 12.8 Å². The van der Waals surface area contributed by atoms with Crippen molar-refractivity contribution in [3.63, 3.8) is 0 Å². The first-order valence-electron chi connectivity index (χ1n) is 7.28. The van der Waals surface area contributed by atoms with Crippen molar-refractivity contribution in [3.05, 3.63) is 29.8 Å². The number of aryl methyl sites for hydroxylation is 1. The van der Waals surface area contributed by atoms with Crippen molar-refractivity contribution < 1.29 is 9.53 Å². The van der Waals surface area contributed by atoms with Crippen molar-refractivity contribution in [1.29, 1.82) is 0 Å². The predicted octanol–water partition coefficient (Wildman–Crippen LogP) is 2.66. The number of ether oxygens (including phenoxy) is 1. The number of hydrogen-bond acceptors (Lipinski definition) is 6. The Morgan fingerprint density at radius 2 is 2.09 bits per heavy atom. The highest BCUT2D eigenvalue weighted by Crippen LogP contribution is 2.23. The van der Waals surface area contributed by atoms with Crippen LogP contribution in [0, 0.1) is 0 Å². The van der Waals surface area contributed by atoms with Gasteiger partial charge < -0.3 is 4.74 Å². The van der Waals surface area contributed by atoms with Crippen LogP contribution in [0.4, 0.5) is 0 Å². The third kappa shape index (κ3) is 4.07. The van der Waals surface area contributed by atoms with E-state index in [1.165, 1.54) is 37.3 Å². The van der Waals surface area contributed by atoms with Crippen LogP contribution >= 0.6 is 11.8 Å². The number of esters is 1. The summed E-state index contributed by atoms with van der Waals surface area (Å²) >= 11 is 1.27. The number of rotatable bonds is 7. The SMILES string of the molecule is CCCCc1ccc(-n2nnnc2SC(C)C(=O)OC)cc1. The van der Waals surface area contributed by atoms with Gasteiger partial charge in [-0.15, -0.1) is 5.10 Å². The average molecular weight is 320 g/mol. The fraction of sp³-hybridized carbons (Fsp3) is 0.467. The van der Waals surface area contributed by atoms with E-state index in [9.17, 15) is 4.79 Å². The van der Waals surface area contributed by atoms with Crippen molar-refractivity contribution in [2.75, 3.05) is 7.11 Å². The number of methoxy groups -OCH3 is 1. The summed E-state index contributed by atoms with van der Waals surface area (Å²) in [6, 6.07) is 8.16. The smallest absolute Gasteiger partial charge is 0.318 e. The standard InChI is InChI=1S/C15H20N4O2S/c1-4-5-6-12-7-9-13(10-8-12)19-15(16-17-18-19)22-11(2)14(20)21-3/h7-11H,4-6H2,1-3H3. The number of carbonyl (C=O) groups excluding carboxylic acids is 1. The lowest BCUT2D eigenvalue weighted by Crippen LogP contribution is -2.15. The van der Waals surface area contributed by atoms with Crippen molar-refractivity contribution in [3.8, 4) is 5.69 Å². The lowest BCUT2D eigenvalue weighted by molar-refractivity contribution is -0.139. The van der Waals surface area contributed by atoms with Gasteiger partial charge in [0.1, 0.15) is 5.25 Å². The molecule has 0 aliphatic carbocycles. The van der Waals surface area contributed by atoms with Crippen LogP contribution in [-0.4, -0.2) is 38.5 Å². The van der Waals surface area contributed by atoms with Gasteiger partial charge >= 0.3 is 5.97 Å². The van der Waals surface area contributed by atoms with Crippen LogP contribution in [0.3, 0.4) is 0 Å². The molecule has 0 radical (unpaired) electrons. The zero-order valence-corrected chi connectivity index (χ0v) is 13.8. The Hall–Kier alpha value is -1.89. The Bertz CT molecular complexity index is 612. The second-order valence-electron chi connectivity index (χ2n) is 4.93. The topological polar surface area (TPSA) is 69.9 Å². The molecule has 118 valence electrons. The van der Waals surface area contributed by atoms with E-state index in [2.05, 4.69) is 34.6 Å². The summed E-state index contributed by atoms with van der Waals surface area (Å²) < 4.78 is 6.35. The summed E-state index contributed by atoms with van der Waals surface area (Å²) in [5.41, 5.74) is 2.18. The zero-order valence-electron chi connectivity index (χ0n) is 13.0. The molecule has 1 aromatic carbocycles. The summed E-state index contributed by atoms with van der Waals surface area (Å²) in [5, 5.41) is 11.9. The molecule has 0 saturated carbocycles. The summed E-state index contributed by atoms with van der Waals surface area (Å²) in [4.78, 5) is 11.5. The maximum Gasteiger partial charge on any atom is 0.318 e. The number of aromatic nitrogens is 4. The second kappa shape index (κ2) is 7.93. The van der Waals surface area contributed by atoms with Gasteiger partial charge in [-0.2, -0.15) is 4.68 Å². The number of tetrazole rings is 1. The molecule has 1 unspecified atom stereocenters. The summed E-state index contributed by atoms with van der Waals surface area (Å²) in [6.07, 6.45) is 3.44. The maximum absolute atomic E-state index is 11.5. The fourth-order valence-electron chi connectivity index (χ4n) is 1.97. The predicted molar refractivity (Wildman–Crippen MR) is 85.1 cm³/mol. The molecule has 1 heterocycles. The molecule has 0 bridgehead atoms. The monoisotopic (exact) mass is 320 g/mol. The number of carbonyl (C=O) groups is 1. The van der Waals surface area contributed by atoms with Crippen LogP contribution in [0.5, 0.6) is 0 Å². The van der Waals surface area contributed by atoms with Gasteiger partial charge in [0.25, 0.3) is 0 Å². The van der Waals surface area contributed by atoms with E-state index in [1.54, 1.807) is 11.6 Å². The number of benzene rings is 1. The van der Waals surface area contributed by atoms with E-state index in [1.807, 2.05) is 12.1 Å². The van der Waals surface area contributed by atoms with Gasteiger partial charge in [0.2, 0.25) is 5.16 Å². The molecule has 0 fully saturated rings. The first-order chi connectivity index (χ1) is 10.7. The Morgan fingerprint density at radius 3 is 2.73 bits per heavy atom. The first kappa shape index (κ1) is 16.5. The van der Waals surface area contributed by atoms with Crippen LogP contribution in [0.1, 0.15) is 32.3 Å². The number of hydrogen-bond donors (Lipinski definition) is 0. The summed E-state index contributed by atoms with van der Waals surface area (Å²) in [6.45, 7) is 3.95. The Morgan fingerprint density at radius 1 is 1.36 bits per heavy atom. The van der Waals surface area contributed by atoms with Gasteiger partial charge in [-0.1, -0.05) is 37.2 Å². The van der Waals surface area contributed by atoms with E-state index in [0.717, 1.165) is 12.1 Å². The van der Waals surface area contributed by atoms with Crippen LogP contribution in [0.25, 0.3) is 5.69 Å². The van der Waals surface area contributed by atoms with Crippen LogP contribution in [0.2, 0.25) is 0 Å². The van der Waals surface area contributed by atoms with Crippen LogP contribution < -0.4 is 0 Å². The molecule has 0 saturated heterocycles. The third-order valence-electron chi connectivity index (χ3n) is 3.26. The molecule has 0 aliphatic heterocycles. The highest BCUT2D eigenvalue weighted by atomic mass is 32.2. The van der Waals surface area contributed by atoms with Gasteiger partial charge in [-0.05, 0) is 47.9 Å². The largest absolute Gasteiger partial charge is 0.468 e. The van der Waals surface area contributed by atoms with E-state index >= 15 is 0 Å². The maximum atomic E-state index is 11.5. The minimum Gasteiger partial charge on any atom is -0.468 e. The number of nitrogens with zero attached hydrogens (tertiary/aromatic N) is 4. The van der Waals surface area contributed by atoms with E-state index in [-0.39, 0.29) is 11.2 Å². The molecule has 1 atom stereocenters. The van der Waals surface area contributed by atoms with Crippen LogP contribution in [0.15, 0.2) is 29.4 Å². The Kier molecular flexibility index (Phi) is 5.94. The number of unbranched alkanes of at least 4 members (excludes halogenated alkanes) is 1. The first-order valence-corrected chi connectivity index (χ1v) is 8.15. The van der Waals surface area contributed by atoms with E-state index in [0.29, 0.717) is 5.16 Å². The minimum atomic E-state index is -0.362. The number of thioether (sulfide) groups is 1. The molecule has 0 amide bonds. The molecule has 2 aromatic rings. The summed E-state index contributed by atoms with van der Waals surface area (Å²) in [5.74, 6) is -0.297. The quantitative estimate of drug-likeness (QED) is 0.577. The van der Waals surface area contributed by atoms with Crippen molar-refractivity contribution >= 4 is 17.7 Å². The fourth-order valence-corrected chi connectivity index (χ4v) is 2.81. The molecule has 0 N–H and O–H groups in total. The van der Waals surface area contributed by atoms with E-state index in [4.69, 9.17) is 4.74 Å². The van der Waals surface area contributed by atoms with Gasteiger partial charge in [-0.3, -0.25) is 4.79 Å². The third-order valence-corrected chi connectivity index (χ3v) is 4.27. The van der Waals surface area contributed by atoms with Crippen LogP contribution in [-0.2, 0) is 16.0 Å². The van der Waals surface area contributed by atoms with E-state index < -0.39 is 0 Å². The molecular weight excluding hydrogens is 300 g/mol. The molecule has 0 aliphatic rings. The van der Waals surface area contributed by atoms with Crippen molar-refractivity contribution in [1.82, 2.24) is 20.2 Å². The minimum absolute atomic E-state index is 0.297. The van der Waals surface area contributed by atoms with Crippen molar-refractivity contribution in [2.45, 2.75) is 43.5 Å². The molecular formula is C15H20N4O2S. The molecule has 22 heavy (non-hydrogen) atoms. The molecule has 1 aromatic heterocycles. The molecule has 0 spiro atoms. The van der Waals surface area contributed by atoms with Gasteiger partial charge in [-0.25, -0.2) is 0 Å². The van der Waals surface area contributed by atoms with Gasteiger partial charge in [0.15, 0.2) is 0 Å². The normalized spacial score (nSPS) is 12.1. The zero-order chi connectivity index (χ0) is 15.9. The summed E-state index contributed by atoms with van der Waals surface area (Å²) in [7, 11) is 1.37. The van der Waals surface area contributed by atoms with Crippen molar-refractivity contribution in [2.24, 2.45) is 0 Å². The Balaban J connectivity index is 2.13. The Labute approximate surface area is 134 Å². The molecule has 6 nitrogen and oxygen atoms in total.